The zero-order chi connectivity index (χ0) is 23.8. The number of hydrogen-bond donors (Lipinski definition) is 1. The fourth-order valence-electron chi connectivity index (χ4n) is 2.48. The molecular formula is C21H31FeN3O6Si+3. The van der Waals surface area contributed by atoms with Gasteiger partial charge in [0.25, 0.3) is 0 Å². The molecule has 1 aliphatic heterocycles. The maximum atomic E-state index is 12.2. The van der Waals surface area contributed by atoms with E-state index < -0.39 is 32.3 Å². The van der Waals surface area contributed by atoms with Gasteiger partial charge in [0.2, 0.25) is 0 Å². The van der Waals surface area contributed by atoms with Crippen LogP contribution in [0.5, 0.6) is 0 Å². The molecule has 32 heavy (non-hydrogen) atoms. The van der Waals surface area contributed by atoms with Gasteiger partial charge in [0.15, 0.2) is 14.5 Å². The Morgan fingerprint density at radius 2 is 2.03 bits per heavy atom. The molecule has 0 aromatic carbocycles. The maximum absolute atomic E-state index is 12.2. The molecule has 0 saturated carbocycles. The Labute approximate surface area is 200 Å². The van der Waals surface area contributed by atoms with E-state index in [9.17, 15) is 9.59 Å². The van der Waals surface area contributed by atoms with Crippen molar-refractivity contribution in [2.45, 2.75) is 58.2 Å². The summed E-state index contributed by atoms with van der Waals surface area (Å²) in [6, 6.07) is 1.53. The molecular weight excluding hydrogens is 474 g/mol. The van der Waals surface area contributed by atoms with E-state index in [1.807, 2.05) is 0 Å². The molecule has 0 spiro atoms. The van der Waals surface area contributed by atoms with Crippen LogP contribution in [0, 0.1) is 6.65 Å². The van der Waals surface area contributed by atoms with Crippen LogP contribution in [0.25, 0.3) is 0 Å². The van der Waals surface area contributed by atoms with Crippen molar-refractivity contribution in [3.8, 4) is 0 Å². The minimum atomic E-state index is -2.00. The van der Waals surface area contributed by atoms with Crippen molar-refractivity contribution in [2.24, 2.45) is 0 Å². The standard InChI is InChI=1S/C20H31N3O5Si.CO.Fe/c1-7-26-18(24)9-8-14-12-17(23-11-10-16(21)22-19(23)25)28-15(14)13-27-29(5,6)20(2,3)4;1-2;/h8-12,15,17H,7,13H2,1-6H3,(H2,21,22,25);;/q;;+3/b9-8+;;/t15-,17-;;/m1../s1. The number of hydrogen-bond acceptors (Lipinski definition) is 7. The number of esters is 1. The summed E-state index contributed by atoms with van der Waals surface area (Å²) in [6.45, 7) is 17.7. The van der Waals surface area contributed by atoms with Crippen molar-refractivity contribution in [3.63, 3.8) is 0 Å². The summed E-state index contributed by atoms with van der Waals surface area (Å²) in [5.74, 6) is -0.291. The summed E-state index contributed by atoms with van der Waals surface area (Å²) in [4.78, 5) is 27.6. The fraction of sp³-hybridized carbons (Fsp3) is 0.524. The molecule has 9 nitrogen and oxygen atoms in total. The zero-order valence-corrected chi connectivity index (χ0v) is 21.3. The van der Waals surface area contributed by atoms with E-state index in [2.05, 4.69) is 45.5 Å². The van der Waals surface area contributed by atoms with Crippen LogP contribution in [0.4, 0.5) is 5.82 Å². The van der Waals surface area contributed by atoms with Crippen molar-refractivity contribution >= 4 is 20.1 Å². The van der Waals surface area contributed by atoms with Gasteiger partial charge in [-0.25, -0.2) is 9.59 Å². The van der Waals surface area contributed by atoms with Gasteiger partial charge in [0.1, 0.15) is 11.9 Å². The number of carbonyl (C=O) groups is 1. The second-order valence-corrected chi connectivity index (χ2v) is 13.2. The van der Waals surface area contributed by atoms with Crippen LogP contribution in [0.15, 0.2) is 40.9 Å². The van der Waals surface area contributed by atoms with Crippen molar-refractivity contribution < 1.29 is 40.4 Å². The number of carbonyl (C=O) groups excluding carboxylic acids is 1. The molecule has 0 amide bonds. The Morgan fingerprint density at radius 1 is 1.41 bits per heavy atom. The van der Waals surface area contributed by atoms with E-state index >= 15 is 0 Å². The maximum Gasteiger partial charge on any atom is 3.00 e. The summed E-state index contributed by atoms with van der Waals surface area (Å²) in [5, 5.41) is 0.0491. The van der Waals surface area contributed by atoms with Crippen molar-refractivity contribution in [1.29, 1.82) is 0 Å². The average molecular weight is 505 g/mol. The number of nitrogens with two attached hydrogens (primary N) is 1. The first kappa shape index (κ1) is 30.0. The number of anilines is 1. The molecule has 0 saturated heterocycles. The molecule has 2 N–H and O–H groups in total. The van der Waals surface area contributed by atoms with E-state index in [-0.39, 0.29) is 27.9 Å². The van der Waals surface area contributed by atoms with Crippen LogP contribution >= 0.6 is 0 Å². The van der Waals surface area contributed by atoms with E-state index in [0.29, 0.717) is 13.2 Å². The molecule has 0 aliphatic carbocycles. The van der Waals surface area contributed by atoms with E-state index in [1.165, 1.54) is 22.9 Å². The summed E-state index contributed by atoms with van der Waals surface area (Å²) < 4.78 is 26.2. The number of nitrogens with zero attached hydrogens (tertiary/aromatic N) is 2. The van der Waals surface area contributed by atoms with Crippen molar-refractivity contribution in [3.05, 3.63) is 53.2 Å². The van der Waals surface area contributed by atoms with Crippen LogP contribution in [0.2, 0.25) is 18.1 Å². The predicted molar refractivity (Wildman–Crippen MR) is 118 cm³/mol. The molecule has 2 heterocycles. The van der Waals surface area contributed by atoms with Gasteiger partial charge in [-0.05, 0) is 48.8 Å². The first-order chi connectivity index (χ1) is 14.4. The average Bonchev–Trinajstić information content (AvgIpc) is 3.08. The third kappa shape index (κ3) is 8.18. The number of aromatic nitrogens is 2. The van der Waals surface area contributed by atoms with Crippen LogP contribution in [-0.4, -0.2) is 43.2 Å². The van der Waals surface area contributed by atoms with Gasteiger partial charge < -0.3 is 19.6 Å². The van der Waals surface area contributed by atoms with Gasteiger partial charge >= 0.3 is 40.0 Å². The summed E-state index contributed by atoms with van der Waals surface area (Å²) in [5.41, 5.74) is 5.80. The largest absolute Gasteiger partial charge is 3.00 e. The summed E-state index contributed by atoms with van der Waals surface area (Å²) in [6.07, 6.45) is 5.22. The van der Waals surface area contributed by atoms with Gasteiger partial charge in [-0.3, -0.25) is 4.57 Å². The zero-order valence-electron chi connectivity index (χ0n) is 19.2. The monoisotopic (exact) mass is 505 g/mol. The Balaban J connectivity index is 0.00000311. The Kier molecular flexibility index (Phi) is 12.1. The molecule has 175 valence electrons. The van der Waals surface area contributed by atoms with Crippen LogP contribution in [0.1, 0.15) is 33.9 Å². The number of rotatable bonds is 7. The molecule has 2 rings (SSSR count). The van der Waals surface area contributed by atoms with Crippen LogP contribution in [0.3, 0.4) is 0 Å². The Hall–Kier alpha value is -1.97. The van der Waals surface area contributed by atoms with Crippen LogP contribution < -0.4 is 11.4 Å². The quantitative estimate of drug-likeness (QED) is 0.199. The smallest absolute Gasteiger partial charge is 3.00 e. The fourth-order valence-corrected chi connectivity index (χ4v) is 3.48. The second kappa shape index (κ2) is 12.9. The third-order valence-electron chi connectivity index (χ3n) is 5.24. The minimum absolute atomic E-state index is 0. The van der Waals surface area contributed by atoms with Crippen molar-refractivity contribution in [1.82, 2.24) is 9.55 Å². The summed E-state index contributed by atoms with van der Waals surface area (Å²) in [7, 11) is -2.00. The Bertz CT molecular complexity index is 905. The van der Waals surface area contributed by atoms with Gasteiger partial charge in [0, 0.05) is 12.3 Å². The SMILES string of the molecule is CCOC(=O)/C=C/C1=C[C@H](n2ccc(N)nc2=O)O[C@@H]1CO[Si](C)(C)C(C)(C)C.[C-]#[O+].[Fe+3]. The third-order valence-corrected chi connectivity index (χ3v) is 9.74. The molecule has 1 aromatic rings. The minimum Gasteiger partial charge on any atom is 3.00 e. The first-order valence-electron chi connectivity index (χ1n) is 9.85. The van der Waals surface area contributed by atoms with Gasteiger partial charge in [0.05, 0.1) is 13.2 Å². The molecule has 2 atom stereocenters. The van der Waals surface area contributed by atoms with E-state index in [1.54, 1.807) is 19.1 Å². The molecule has 1 aromatic heterocycles. The second-order valence-electron chi connectivity index (χ2n) is 8.38. The van der Waals surface area contributed by atoms with Gasteiger partial charge in [-0.15, -0.1) is 0 Å². The molecule has 0 bridgehead atoms. The predicted octanol–water partition coefficient (Wildman–Crippen LogP) is 2.75. The van der Waals surface area contributed by atoms with E-state index in [0.717, 1.165) is 5.57 Å². The first-order valence-corrected chi connectivity index (χ1v) is 12.8. The Morgan fingerprint density at radius 3 is 2.56 bits per heavy atom. The van der Waals surface area contributed by atoms with Gasteiger partial charge in [-0.2, -0.15) is 4.98 Å². The molecule has 1 radical (unpaired) electrons. The molecule has 11 heteroatoms. The molecule has 1 aliphatic rings. The molecule has 0 unspecified atom stereocenters. The topological polar surface area (TPSA) is 126 Å². The number of nitrogen functional groups attached to an aromatic ring is 1. The number of ether oxygens (including phenoxy) is 2. The van der Waals surface area contributed by atoms with Crippen molar-refractivity contribution in [2.75, 3.05) is 18.9 Å². The van der Waals surface area contributed by atoms with E-state index in [4.69, 9.17) is 24.3 Å². The van der Waals surface area contributed by atoms with Gasteiger partial charge in [-0.1, -0.05) is 20.8 Å². The summed E-state index contributed by atoms with van der Waals surface area (Å²) >= 11 is 0. The molecule has 0 fully saturated rings. The van der Waals surface area contributed by atoms with Crippen LogP contribution in [-0.2, 0) is 40.4 Å². The normalized spacial score (nSPS) is 18.3.